The minimum atomic E-state index is -2.07. The number of benzene rings is 1. The first kappa shape index (κ1) is 29.6. The van der Waals surface area contributed by atoms with Crippen molar-refractivity contribution in [3.63, 3.8) is 0 Å². The van der Waals surface area contributed by atoms with E-state index in [1.54, 1.807) is 25.4 Å². The predicted molar refractivity (Wildman–Crippen MR) is 148 cm³/mol. The van der Waals surface area contributed by atoms with Crippen molar-refractivity contribution in [2.45, 2.75) is 72.1 Å². The summed E-state index contributed by atoms with van der Waals surface area (Å²) in [5, 5.41) is 0.327. The number of fused-ring (bicyclic) bond motifs is 1. The molecule has 3 rings (SSSR count). The normalized spacial score (nSPS) is 13.2. The molecule has 0 bridgehead atoms. The number of carbonyl (C=O) groups is 1. The van der Waals surface area contributed by atoms with Crippen LogP contribution in [0.1, 0.15) is 69.2 Å². The minimum Gasteiger partial charge on any atom is -0.462 e. The first-order chi connectivity index (χ1) is 17.7. The molecule has 0 amide bonds. The van der Waals surface area contributed by atoms with E-state index >= 15 is 0 Å². The molecule has 0 aliphatic rings. The van der Waals surface area contributed by atoms with Gasteiger partial charge in [-0.15, -0.1) is 0 Å². The molecule has 0 fully saturated rings. The van der Waals surface area contributed by atoms with E-state index < -0.39 is 31.3 Å². The van der Waals surface area contributed by atoms with Crippen molar-refractivity contribution in [2.24, 2.45) is 5.92 Å². The van der Waals surface area contributed by atoms with Gasteiger partial charge in [0.25, 0.3) is 0 Å². The Labute approximate surface area is 224 Å². The molecule has 0 spiro atoms. The van der Waals surface area contributed by atoms with Gasteiger partial charge in [0.1, 0.15) is 5.56 Å². The lowest BCUT2D eigenvalue weighted by Gasteiger charge is -2.38. The summed E-state index contributed by atoms with van der Waals surface area (Å²) < 4.78 is 40.8. The number of hydrogen-bond acceptors (Lipinski definition) is 5. The number of aromatic nitrogens is 2. The maximum Gasteiger partial charge on any atom is 0.343 e. The standard InChI is InChI=1S/C29H38F2N2O4Si/c1-9-36-28(35)22-16-33(26(18(2)3)17-37-38(7,8)29(4,5)6)25-15-32-20(14-21(25)27(22)34)12-19-10-11-23(30)24(31)13-19/h10-11,13-16,18,26H,9,12,17H2,1-8H3/t26-/m1/s1. The fourth-order valence-corrected chi connectivity index (χ4v) is 5.00. The Kier molecular flexibility index (Phi) is 8.93. The molecule has 0 radical (unpaired) electrons. The van der Waals surface area contributed by atoms with Crippen LogP contribution < -0.4 is 5.43 Å². The Morgan fingerprint density at radius 2 is 1.82 bits per heavy atom. The van der Waals surface area contributed by atoms with E-state index in [1.165, 1.54) is 6.07 Å². The third-order valence-corrected chi connectivity index (χ3v) is 11.9. The molecule has 3 aromatic rings. The Morgan fingerprint density at radius 1 is 1.13 bits per heavy atom. The highest BCUT2D eigenvalue weighted by atomic mass is 28.4. The van der Waals surface area contributed by atoms with Crippen LogP contribution in [0.15, 0.2) is 41.5 Å². The molecule has 9 heteroatoms. The fourth-order valence-electron chi connectivity index (χ4n) is 3.98. The second-order valence-electron chi connectivity index (χ2n) is 11.5. The van der Waals surface area contributed by atoms with Crippen LogP contribution in [0.3, 0.4) is 0 Å². The number of halogens is 2. The van der Waals surface area contributed by atoms with E-state index in [2.05, 4.69) is 52.7 Å². The van der Waals surface area contributed by atoms with Gasteiger partial charge in [0.2, 0.25) is 5.43 Å². The Morgan fingerprint density at radius 3 is 2.39 bits per heavy atom. The number of nitrogens with zero attached hydrogens (tertiary/aromatic N) is 2. The van der Waals surface area contributed by atoms with Gasteiger partial charge < -0.3 is 13.7 Å². The van der Waals surface area contributed by atoms with Crippen LogP contribution in [-0.2, 0) is 15.6 Å². The first-order valence-corrected chi connectivity index (χ1v) is 15.9. The highest BCUT2D eigenvalue weighted by molar-refractivity contribution is 6.74. The Hall–Kier alpha value is -2.91. The molecule has 2 heterocycles. The molecule has 1 aromatic carbocycles. The first-order valence-electron chi connectivity index (χ1n) is 12.9. The molecule has 0 aliphatic carbocycles. The van der Waals surface area contributed by atoms with Gasteiger partial charge in [0.05, 0.1) is 31.0 Å². The summed E-state index contributed by atoms with van der Waals surface area (Å²) in [6, 6.07) is 5.09. The summed E-state index contributed by atoms with van der Waals surface area (Å²) in [6.45, 7) is 17.3. The molecule has 206 valence electrons. The van der Waals surface area contributed by atoms with Gasteiger partial charge in [-0.3, -0.25) is 9.78 Å². The number of ether oxygens (including phenoxy) is 1. The second kappa shape index (κ2) is 11.5. The van der Waals surface area contributed by atoms with E-state index in [0.29, 0.717) is 28.8 Å². The number of hydrogen-bond donors (Lipinski definition) is 0. The lowest BCUT2D eigenvalue weighted by atomic mass is 10.0. The third kappa shape index (κ3) is 6.38. The minimum absolute atomic E-state index is 0.0204. The van der Waals surface area contributed by atoms with Crippen LogP contribution in [0.5, 0.6) is 0 Å². The van der Waals surface area contributed by atoms with Gasteiger partial charge in [-0.05, 0) is 54.7 Å². The molecule has 6 nitrogen and oxygen atoms in total. The molecular weight excluding hydrogens is 506 g/mol. The largest absolute Gasteiger partial charge is 0.462 e. The van der Waals surface area contributed by atoms with E-state index in [0.717, 1.165) is 12.1 Å². The number of rotatable bonds is 9. The zero-order valence-electron chi connectivity index (χ0n) is 23.5. The van der Waals surface area contributed by atoms with Gasteiger partial charge in [0.15, 0.2) is 20.0 Å². The average Bonchev–Trinajstić information content (AvgIpc) is 2.82. The monoisotopic (exact) mass is 544 g/mol. The Balaban J connectivity index is 2.15. The summed E-state index contributed by atoms with van der Waals surface area (Å²) in [5.41, 5.74) is 1.04. The van der Waals surface area contributed by atoms with Crippen LogP contribution in [0.2, 0.25) is 18.1 Å². The highest BCUT2D eigenvalue weighted by Crippen LogP contribution is 2.37. The molecule has 2 aromatic heterocycles. The Bertz CT molecular complexity index is 1380. The predicted octanol–water partition coefficient (Wildman–Crippen LogP) is 6.66. The molecule has 0 unspecified atom stereocenters. The summed E-state index contributed by atoms with van der Waals surface area (Å²) in [4.78, 5) is 30.8. The van der Waals surface area contributed by atoms with Gasteiger partial charge in [-0.25, -0.2) is 13.6 Å². The zero-order chi connectivity index (χ0) is 28.4. The summed E-state index contributed by atoms with van der Waals surface area (Å²) in [7, 11) is -2.07. The van der Waals surface area contributed by atoms with E-state index in [-0.39, 0.29) is 35.6 Å². The maximum atomic E-state index is 13.8. The van der Waals surface area contributed by atoms with Crippen molar-refractivity contribution in [1.29, 1.82) is 0 Å². The second-order valence-corrected chi connectivity index (χ2v) is 16.3. The van der Waals surface area contributed by atoms with Crippen molar-refractivity contribution in [3.05, 3.63) is 75.3 Å². The smallest absolute Gasteiger partial charge is 0.343 e. The topological polar surface area (TPSA) is 70.4 Å². The lowest BCUT2D eigenvalue weighted by molar-refractivity contribution is 0.0523. The SMILES string of the molecule is CCOC(=O)c1cn([C@H](CO[Si](C)(C)C(C)(C)C)C(C)C)c2cnc(Cc3ccc(F)c(F)c3)cc2c1=O. The quantitative estimate of drug-likeness (QED) is 0.223. The van der Waals surface area contributed by atoms with E-state index in [9.17, 15) is 18.4 Å². The maximum absolute atomic E-state index is 13.8. The van der Waals surface area contributed by atoms with Crippen molar-refractivity contribution in [3.8, 4) is 0 Å². The molecule has 1 atom stereocenters. The number of pyridine rings is 2. The van der Waals surface area contributed by atoms with Gasteiger partial charge >= 0.3 is 5.97 Å². The number of carbonyl (C=O) groups excluding carboxylic acids is 1. The summed E-state index contributed by atoms with van der Waals surface area (Å²) in [6.07, 6.45) is 3.35. The van der Waals surface area contributed by atoms with Crippen LogP contribution in [0, 0.1) is 17.6 Å². The molecule has 38 heavy (non-hydrogen) atoms. The van der Waals surface area contributed by atoms with Gasteiger partial charge in [0, 0.05) is 23.7 Å². The van der Waals surface area contributed by atoms with Gasteiger partial charge in [-0.2, -0.15) is 0 Å². The number of esters is 1. The summed E-state index contributed by atoms with van der Waals surface area (Å²) in [5.74, 6) is -2.46. The lowest BCUT2D eigenvalue weighted by Crippen LogP contribution is -2.42. The van der Waals surface area contributed by atoms with E-state index in [4.69, 9.17) is 9.16 Å². The summed E-state index contributed by atoms with van der Waals surface area (Å²) >= 11 is 0. The van der Waals surface area contributed by atoms with Crippen molar-refractivity contribution < 1.29 is 22.7 Å². The van der Waals surface area contributed by atoms with Gasteiger partial charge in [-0.1, -0.05) is 40.7 Å². The molecule has 0 saturated carbocycles. The molecule has 0 saturated heterocycles. The average molecular weight is 545 g/mol. The van der Waals surface area contributed by atoms with Crippen molar-refractivity contribution in [1.82, 2.24) is 9.55 Å². The highest BCUT2D eigenvalue weighted by Gasteiger charge is 2.38. The third-order valence-electron chi connectivity index (χ3n) is 7.39. The van der Waals surface area contributed by atoms with Crippen molar-refractivity contribution >= 4 is 25.2 Å². The molecular formula is C29H38F2N2O4Si. The van der Waals surface area contributed by atoms with Crippen LogP contribution in [-0.4, -0.2) is 37.1 Å². The van der Waals surface area contributed by atoms with E-state index in [1.807, 2.05) is 4.57 Å². The fraction of sp³-hybridized carbons (Fsp3) is 0.483. The molecule has 0 N–H and O–H groups in total. The van der Waals surface area contributed by atoms with Crippen LogP contribution in [0.4, 0.5) is 8.78 Å². The van der Waals surface area contributed by atoms with Crippen LogP contribution in [0.25, 0.3) is 10.9 Å². The zero-order valence-corrected chi connectivity index (χ0v) is 24.5. The molecule has 0 aliphatic heterocycles. The van der Waals surface area contributed by atoms with Crippen LogP contribution >= 0.6 is 0 Å². The van der Waals surface area contributed by atoms with Crippen molar-refractivity contribution in [2.75, 3.05) is 13.2 Å².